The highest BCUT2D eigenvalue weighted by Crippen LogP contribution is 2.31. The zero-order valence-electron chi connectivity index (χ0n) is 19.1. The number of hydrogen-bond acceptors (Lipinski definition) is 5. The van der Waals surface area contributed by atoms with Crippen LogP contribution in [0.1, 0.15) is 49.5 Å². The first-order chi connectivity index (χ1) is 14.7. The van der Waals surface area contributed by atoms with E-state index in [4.69, 9.17) is 9.72 Å². The first-order valence-corrected chi connectivity index (χ1v) is 11.5. The quantitative estimate of drug-likeness (QED) is 0.530. The number of carbonyl (C=O) groups is 1. The molecule has 168 valence electrons. The smallest absolute Gasteiger partial charge is 0.243 e. The Kier molecular flexibility index (Phi) is 7.54. The molecule has 1 aromatic heterocycles. The highest BCUT2D eigenvalue weighted by Gasteiger charge is 2.22. The second-order valence-electron chi connectivity index (χ2n) is 8.90. The number of hydrogen-bond donors (Lipinski definition) is 2. The van der Waals surface area contributed by atoms with Crippen LogP contribution in [-0.4, -0.2) is 55.5 Å². The summed E-state index contributed by atoms with van der Waals surface area (Å²) in [5, 5.41) is 10.1. The van der Waals surface area contributed by atoms with Gasteiger partial charge in [-0.1, -0.05) is 39.0 Å². The van der Waals surface area contributed by atoms with Crippen molar-refractivity contribution in [3.8, 4) is 5.75 Å². The summed E-state index contributed by atoms with van der Waals surface area (Å²) in [6.45, 7) is 7.95. The third-order valence-electron chi connectivity index (χ3n) is 5.01. The van der Waals surface area contributed by atoms with Crippen LogP contribution in [0.25, 0.3) is 0 Å². The summed E-state index contributed by atoms with van der Waals surface area (Å²) in [6, 6.07) is 8.12. The molecule has 0 spiro atoms. The molecule has 1 aromatic carbocycles. The number of aromatic nitrogens is 1. The van der Waals surface area contributed by atoms with Crippen LogP contribution in [0.15, 0.2) is 34.6 Å². The Morgan fingerprint density at radius 3 is 2.81 bits per heavy atom. The van der Waals surface area contributed by atoms with E-state index in [9.17, 15) is 4.79 Å². The van der Waals surface area contributed by atoms with Crippen LogP contribution in [0.2, 0.25) is 0 Å². The third kappa shape index (κ3) is 6.43. The van der Waals surface area contributed by atoms with E-state index in [0.29, 0.717) is 19.1 Å². The standard InChI is InChI=1S/C23H33N5O2S/c1-23(2,3)21-26-16(15-31-21)10-12-24-22(25-14-20(29)28(4)5)27-18-11-13-30-19-9-7-6-8-17(18)19/h6-9,15,18H,10-14H2,1-5H3,(H2,24,25,27). The number of nitrogens with zero attached hydrogens (tertiary/aromatic N) is 3. The lowest BCUT2D eigenvalue weighted by molar-refractivity contribution is -0.127. The molecule has 0 bridgehead atoms. The maximum Gasteiger partial charge on any atom is 0.243 e. The van der Waals surface area contributed by atoms with Gasteiger partial charge in [-0.3, -0.25) is 4.79 Å². The van der Waals surface area contributed by atoms with Crippen molar-refractivity contribution in [2.75, 3.05) is 33.8 Å². The van der Waals surface area contributed by atoms with Gasteiger partial charge in [-0.05, 0) is 6.07 Å². The van der Waals surface area contributed by atoms with E-state index in [1.165, 1.54) is 0 Å². The van der Waals surface area contributed by atoms with Gasteiger partial charge in [0.25, 0.3) is 0 Å². The van der Waals surface area contributed by atoms with E-state index in [2.05, 4.69) is 47.8 Å². The number of rotatable bonds is 6. The molecule has 0 aliphatic carbocycles. The first kappa shape index (κ1) is 23.1. The van der Waals surface area contributed by atoms with Crippen molar-refractivity contribution in [2.24, 2.45) is 4.99 Å². The molecule has 2 aromatic rings. The molecule has 1 aliphatic heterocycles. The highest BCUT2D eigenvalue weighted by molar-refractivity contribution is 7.09. The Hall–Kier alpha value is -2.61. The molecule has 3 rings (SSSR count). The third-order valence-corrected chi connectivity index (χ3v) is 6.32. The predicted octanol–water partition coefficient (Wildman–Crippen LogP) is 3.13. The van der Waals surface area contributed by atoms with Crippen molar-refractivity contribution < 1.29 is 9.53 Å². The lowest BCUT2D eigenvalue weighted by Crippen LogP contribution is -2.42. The van der Waals surface area contributed by atoms with Gasteiger partial charge in [-0.2, -0.15) is 0 Å². The maximum absolute atomic E-state index is 12.1. The van der Waals surface area contributed by atoms with Gasteiger partial charge >= 0.3 is 0 Å². The van der Waals surface area contributed by atoms with Gasteiger partial charge in [0.15, 0.2) is 5.96 Å². The number of aliphatic imine (C=N–C) groups is 1. The zero-order chi connectivity index (χ0) is 22.4. The number of guanidine groups is 1. The largest absolute Gasteiger partial charge is 0.493 e. The molecule has 0 saturated heterocycles. The average Bonchev–Trinajstić information content (AvgIpc) is 3.21. The summed E-state index contributed by atoms with van der Waals surface area (Å²) in [7, 11) is 3.48. The number of fused-ring (bicyclic) bond motifs is 1. The number of nitrogens with one attached hydrogen (secondary N) is 2. The fourth-order valence-electron chi connectivity index (χ4n) is 3.17. The SMILES string of the molecule is CN(C)C(=O)CN=C(NCCc1csc(C(C)(C)C)n1)NC1CCOc2ccccc21. The molecule has 0 saturated carbocycles. The molecule has 31 heavy (non-hydrogen) atoms. The second-order valence-corrected chi connectivity index (χ2v) is 9.75. The number of benzene rings is 1. The average molecular weight is 444 g/mol. The van der Waals surface area contributed by atoms with Crippen molar-refractivity contribution in [1.82, 2.24) is 20.5 Å². The molecule has 2 N–H and O–H groups in total. The van der Waals surface area contributed by atoms with Crippen molar-refractivity contribution >= 4 is 23.2 Å². The topological polar surface area (TPSA) is 78.9 Å². The van der Waals surface area contributed by atoms with Gasteiger partial charge in [0.05, 0.1) is 23.4 Å². The van der Waals surface area contributed by atoms with Crippen molar-refractivity contribution in [2.45, 2.75) is 45.1 Å². The Morgan fingerprint density at radius 1 is 1.32 bits per heavy atom. The van der Waals surface area contributed by atoms with E-state index >= 15 is 0 Å². The molecule has 1 aliphatic rings. The summed E-state index contributed by atoms with van der Waals surface area (Å²) in [6.07, 6.45) is 1.62. The number of carbonyl (C=O) groups excluding carboxylic acids is 1. The summed E-state index contributed by atoms with van der Waals surface area (Å²) in [5.41, 5.74) is 2.24. The number of ether oxygens (including phenoxy) is 1. The van der Waals surface area contributed by atoms with E-state index in [1.54, 1.807) is 30.3 Å². The summed E-state index contributed by atoms with van der Waals surface area (Å²) in [5.74, 6) is 1.48. The van der Waals surface area contributed by atoms with Crippen LogP contribution < -0.4 is 15.4 Å². The molecule has 2 heterocycles. The van der Waals surface area contributed by atoms with Crippen LogP contribution in [0, 0.1) is 0 Å². The fraction of sp³-hybridized carbons (Fsp3) is 0.522. The lowest BCUT2D eigenvalue weighted by atomic mass is 9.98. The van der Waals surface area contributed by atoms with Crippen molar-refractivity contribution in [3.63, 3.8) is 0 Å². The Bertz CT molecular complexity index is 917. The van der Waals surface area contributed by atoms with Crippen LogP contribution in [-0.2, 0) is 16.6 Å². The van der Waals surface area contributed by atoms with Crippen LogP contribution in [0.3, 0.4) is 0 Å². The van der Waals surface area contributed by atoms with Crippen molar-refractivity contribution in [1.29, 1.82) is 0 Å². The van der Waals surface area contributed by atoms with Gasteiger partial charge in [-0.25, -0.2) is 9.98 Å². The molecule has 0 radical (unpaired) electrons. The molecular weight excluding hydrogens is 410 g/mol. The minimum Gasteiger partial charge on any atom is -0.493 e. The monoisotopic (exact) mass is 443 g/mol. The predicted molar refractivity (Wildman–Crippen MR) is 126 cm³/mol. The van der Waals surface area contributed by atoms with E-state index in [0.717, 1.165) is 34.9 Å². The van der Waals surface area contributed by atoms with E-state index in [-0.39, 0.29) is 23.9 Å². The summed E-state index contributed by atoms with van der Waals surface area (Å²) >= 11 is 1.70. The zero-order valence-corrected chi connectivity index (χ0v) is 19.9. The molecule has 1 amide bonds. The Balaban J connectivity index is 1.66. The van der Waals surface area contributed by atoms with Crippen LogP contribution >= 0.6 is 11.3 Å². The molecule has 1 atom stereocenters. The molecular formula is C23H33N5O2S. The Morgan fingerprint density at radius 2 is 2.10 bits per heavy atom. The molecule has 1 unspecified atom stereocenters. The van der Waals surface area contributed by atoms with Gasteiger partial charge < -0.3 is 20.3 Å². The lowest BCUT2D eigenvalue weighted by Gasteiger charge is -2.28. The normalized spacial score (nSPS) is 16.3. The first-order valence-electron chi connectivity index (χ1n) is 10.7. The summed E-state index contributed by atoms with van der Waals surface area (Å²) in [4.78, 5) is 22.9. The number of likely N-dealkylation sites (N-methyl/N-ethyl adjacent to an activating group) is 1. The van der Waals surface area contributed by atoms with E-state index in [1.807, 2.05) is 18.2 Å². The number of amides is 1. The van der Waals surface area contributed by atoms with Gasteiger partial charge in [0, 0.05) is 49.8 Å². The highest BCUT2D eigenvalue weighted by atomic mass is 32.1. The van der Waals surface area contributed by atoms with Gasteiger partial charge in [0.1, 0.15) is 12.3 Å². The minimum atomic E-state index is -0.0391. The van der Waals surface area contributed by atoms with Crippen LogP contribution in [0.5, 0.6) is 5.75 Å². The van der Waals surface area contributed by atoms with Crippen LogP contribution in [0.4, 0.5) is 0 Å². The molecule has 7 nitrogen and oxygen atoms in total. The summed E-state index contributed by atoms with van der Waals surface area (Å²) < 4.78 is 5.77. The van der Waals surface area contributed by atoms with E-state index < -0.39 is 0 Å². The molecule has 8 heteroatoms. The van der Waals surface area contributed by atoms with Crippen molar-refractivity contribution in [3.05, 3.63) is 45.9 Å². The fourth-order valence-corrected chi connectivity index (χ4v) is 4.11. The Labute approximate surface area is 188 Å². The molecule has 0 fully saturated rings. The number of thiazole rings is 1. The van der Waals surface area contributed by atoms with Gasteiger partial charge in [0.2, 0.25) is 5.91 Å². The second kappa shape index (κ2) is 10.1. The minimum absolute atomic E-state index is 0.0391. The number of para-hydroxylation sites is 1. The maximum atomic E-state index is 12.1. The van der Waals surface area contributed by atoms with Gasteiger partial charge in [-0.15, -0.1) is 11.3 Å².